The van der Waals surface area contributed by atoms with Crippen LogP contribution in [0.2, 0.25) is 0 Å². The Morgan fingerprint density at radius 3 is 2.19 bits per heavy atom. The average molecular weight is 307 g/mol. The minimum absolute atomic E-state index is 0.0229. The van der Waals surface area contributed by atoms with Crippen LogP contribution in [0.25, 0.3) is 0 Å². The molecule has 0 aliphatic heterocycles. The first kappa shape index (κ1) is 17.1. The lowest BCUT2D eigenvalue weighted by Crippen LogP contribution is -2.52. The molecule has 2 fully saturated rings. The first-order chi connectivity index (χ1) is 9.64. The van der Waals surface area contributed by atoms with Crippen LogP contribution in [0.15, 0.2) is 0 Å². The van der Waals surface area contributed by atoms with Gasteiger partial charge in [0.15, 0.2) is 0 Å². The Labute approximate surface area is 125 Å². The Morgan fingerprint density at radius 2 is 1.71 bits per heavy atom. The van der Waals surface area contributed by atoms with E-state index in [0.717, 1.165) is 25.7 Å². The number of aliphatic hydroxyl groups excluding tert-OH is 1. The van der Waals surface area contributed by atoms with Gasteiger partial charge in [-0.15, -0.1) is 0 Å². The highest BCUT2D eigenvalue weighted by atomic mass is 19.4. The molecule has 0 aromatic heterocycles. The summed E-state index contributed by atoms with van der Waals surface area (Å²) in [6.45, 7) is 5.64. The summed E-state index contributed by atoms with van der Waals surface area (Å²) < 4.78 is 38.5. The molecule has 124 valence electrons. The molecular formula is C16H28F3NO. The minimum atomic E-state index is -4.18. The highest BCUT2D eigenvalue weighted by Crippen LogP contribution is 2.44. The van der Waals surface area contributed by atoms with Crippen LogP contribution < -0.4 is 0 Å². The van der Waals surface area contributed by atoms with Gasteiger partial charge in [0.05, 0.1) is 12.6 Å². The van der Waals surface area contributed by atoms with Crippen molar-refractivity contribution in [2.75, 3.05) is 6.54 Å². The van der Waals surface area contributed by atoms with Gasteiger partial charge in [0, 0.05) is 12.1 Å². The van der Waals surface area contributed by atoms with E-state index in [1.54, 1.807) is 4.90 Å². The molecule has 0 radical (unpaired) electrons. The lowest BCUT2D eigenvalue weighted by Gasteiger charge is -2.45. The van der Waals surface area contributed by atoms with Crippen LogP contribution in [0.3, 0.4) is 0 Å². The molecule has 2 nitrogen and oxygen atoms in total. The molecule has 1 N–H and O–H groups in total. The van der Waals surface area contributed by atoms with E-state index in [0.29, 0.717) is 18.8 Å². The van der Waals surface area contributed by atoms with Crippen molar-refractivity contribution in [2.24, 2.45) is 11.3 Å². The Kier molecular flexibility index (Phi) is 4.94. The Balaban J connectivity index is 2.10. The van der Waals surface area contributed by atoms with E-state index in [9.17, 15) is 18.3 Å². The molecule has 5 heteroatoms. The largest absolute Gasteiger partial charge is 0.401 e. The maximum atomic E-state index is 12.8. The van der Waals surface area contributed by atoms with Crippen LogP contribution in [-0.4, -0.2) is 40.9 Å². The summed E-state index contributed by atoms with van der Waals surface area (Å²) in [5, 5.41) is 10.3. The Hall–Kier alpha value is -0.290. The fraction of sp³-hybridized carbons (Fsp3) is 1.00. The van der Waals surface area contributed by atoms with Crippen molar-refractivity contribution in [2.45, 2.75) is 83.7 Å². The van der Waals surface area contributed by atoms with E-state index in [-0.39, 0.29) is 17.5 Å². The van der Waals surface area contributed by atoms with Crippen LogP contribution in [0.4, 0.5) is 13.2 Å². The quantitative estimate of drug-likeness (QED) is 0.830. The smallest absolute Gasteiger partial charge is 0.391 e. The van der Waals surface area contributed by atoms with Crippen molar-refractivity contribution < 1.29 is 18.3 Å². The molecule has 2 saturated carbocycles. The normalized spacial score (nSPS) is 31.7. The first-order valence-corrected chi connectivity index (χ1v) is 8.14. The molecule has 21 heavy (non-hydrogen) atoms. The molecule has 2 rings (SSSR count). The topological polar surface area (TPSA) is 23.5 Å². The molecule has 3 atom stereocenters. The van der Waals surface area contributed by atoms with Gasteiger partial charge >= 0.3 is 6.18 Å². The van der Waals surface area contributed by atoms with Gasteiger partial charge in [0.2, 0.25) is 0 Å². The van der Waals surface area contributed by atoms with E-state index < -0.39 is 18.8 Å². The third kappa shape index (κ3) is 4.35. The molecule has 0 amide bonds. The maximum Gasteiger partial charge on any atom is 0.401 e. The lowest BCUT2D eigenvalue weighted by atomic mass is 9.67. The molecular weight excluding hydrogens is 279 g/mol. The summed E-state index contributed by atoms with van der Waals surface area (Å²) in [6.07, 6.45) is 0.121. The van der Waals surface area contributed by atoms with Gasteiger partial charge in [-0.3, -0.25) is 4.90 Å². The van der Waals surface area contributed by atoms with Crippen LogP contribution in [0, 0.1) is 11.3 Å². The number of hydrogen-bond donors (Lipinski definition) is 1. The van der Waals surface area contributed by atoms with Gasteiger partial charge in [-0.05, 0) is 43.4 Å². The van der Waals surface area contributed by atoms with Crippen LogP contribution in [0.1, 0.15) is 59.3 Å². The number of rotatable bonds is 5. The van der Waals surface area contributed by atoms with Crippen molar-refractivity contribution in [3.05, 3.63) is 0 Å². The van der Waals surface area contributed by atoms with Gasteiger partial charge < -0.3 is 5.11 Å². The predicted molar refractivity (Wildman–Crippen MR) is 77.0 cm³/mol. The standard InChI is InChI=1S/C16H28F3NO/c1-4-15(2,3)11-5-8-14(21)13(9-11)20(12-6-7-12)10-16(17,18)19/h11-14,21H,4-10H2,1-3H3. The van der Waals surface area contributed by atoms with E-state index in [1.165, 1.54) is 0 Å². The summed E-state index contributed by atoms with van der Waals surface area (Å²) in [5.74, 6) is 0.394. The lowest BCUT2D eigenvalue weighted by molar-refractivity contribution is -0.162. The van der Waals surface area contributed by atoms with Gasteiger partial charge in [0.1, 0.15) is 0 Å². The zero-order valence-electron chi connectivity index (χ0n) is 13.3. The highest BCUT2D eigenvalue weighted by Gasteiger charge is 2.46. The number of aliphatic hydroxyl groups is 1. The Morgan fingerprint density at radius 1 is 1.10 bits per heavy atom. The first-order valence-electron chi connectivity index (χ1n) is 8.14. The van der Waals surface area contributed by atoms with E-state index in [4.69, 9.17) is 0 Å². The molecule has 0 heterocycles. The molecule has 2 aliphatic carbocycles. The van der Waals surface area contributed by atoms with Crippen LogP contribution >= 0.6 is 0 Å². The molecule has 0 aromatic carbocycles. The third-order valence-corrected chi connectivity index (χ3v) is 5.60. The van der Waals surface area contributed by atoms with E-state index >= 15 is 0 Å². The zero-order chi connectivity index (χ0) is 15.8. The number of nitrogens with zero attached hydrogens (tertiary/aromatic N) is 1. The summed E-state index contributed by atoms with van der Waals surface area (Å²) in [5.41, 5.74) is 0.131. The average Bonchev–Trinajstić information content (AvgIpc) is 3.19. The minimum Gasteiger partial charge on any atom is -0.391 e. The molecule has 2 aliphatic rings. The SMILES string of the molecule is CCC(C)(C)C1CCC(O)C(N(CC(F)(F)F)C2CC2)C1. The van der Waals surface area contributed by atoms with Crippen molar-refractivity contribution in [3.63, 3.8) is 0 Å². The summed E-state index contributed by atoms with van der Waals surface area (Å²) in [4.78, 5) is 1.54. The second-order valence-electron chi connectivity index (χ2n) is 7.51. The van der Waals surface area contributed by atoms with Crippen LogP contribution in [-0.2, 0) is 0 Å². The Bertz CT molecular complexity index is 352. The third-order valence-electron chi connectivity index (χ3n) is 5.60. The molecule has 0 saturated heterocycles. The highest BCUT2D eigenvalue weighted by molar-refractivity contribution is 4.97. The zero-order valence-corrected chi connectivity index (χ0v) is 13.3. The molecule has 3 unspecified atom stereocenters. The monoisotopic (exact) mass is 307 g/mol. The van der Waals surface area contributed by atoms with Crippen molar-refractivity contribution >= 4 is 0 Å². The van der Waals surface area contributed by atoms with Crippen molar-refractivity contribution in [3.8, 4) is 0 Å². The van der Waals surface area contributed by atoms with E-state index in [2.05, 4.69) is 20.8 Å². The number of hydrogen-bond acceptors (Lipinski definition) is 2. The fourth-order valence-corrected chi connectivity index (χ4v) is 3.62. The number of halogens is 3. The fourth-order valence-electron chi connectivity index (χ4n) is 3.62. The second kappa shape index (κ2) is 6.07. The van der Waals surface area contributed by atoms with Crippen molar-refractivity contribution in [1.82, 2.24) is 4.90 Å². The van der Waals surface area contributed by atoms with E-state index in [1.807, 2.05) is 0 Å². The van der Waals surface area contributed by atoms with Gasteiger partial charge in [-0.25, -0.2) is 0 Å². The summed E-state index contributed by atoms with van der Waals surface area (Å²) >= 11 is 0. The van der Waals surface area contributed by atoms with Gasteiger partial charge in [-0.2, -0.15) is 13.2 Å². The summed E-state index contributed by atoms with van der Waals surface area (Å²) in [7, 11) is 0. The molecule has 0 bridgehead atoms. The van der Waals surface area contributed by atoms with Crippen molar-refractivity contribution in [1.29, 1.82) is 0 Å². The summed E-state index contributed by atoms with van der Waals surface area (Å²) in [6, 6.07) is -0.307. The van der Waals surface area contributed by atoms with Gasteiger partial charge in [0.25, 0.3) is 0 Å². The number of alkyl halides is 3. The maximum absolute atomic E-state index is 12.8. The van der Waals surface area contributed by atoms with Crippen LogP contribution in [0.5, 0.6) is 0 Å². The second-order valence-corrected chi connectivity index (χ2v) is 7.51. The molecule has 0 spiro atoms. The molecule has 0 aromatic rings. The predicted octanol–water partition coefficient (Wildman–Crippen LogP) is 3.98. The van der Waals surface area contributed by atoms with Gasteiger partial charge in [-0.1, -0.05) is 27.2 Å².